The largest absolute Gasteiger partial charge is 0.465 e. The van der Waals surface area contributed by atoms with Gasteiger partial charge >= 0.3 is 5.97 Å². The highest BCUT2D eigenvalue weighted by molar-refractivity contribution is 5.93. The summed E-state index contributed by atoms with van der Waals surface area (Å²) in [6, 6.07) is 13.1. The van der Waals surface area contributed by atoms with Crippen LogP contribution in [0.3, 0.4) is 0 Å². The molecular formula is C19H21NO3. The number of methoxy groups -OCH3 is 1. The number of hydrogen-bond acceptors (Lipinski definition) is 3. The molecule has 2 aromatic carbocycles. The van der Waals surface area contributed by atoms with Gasteiger partial charge in [0.2, 0.25) is 5.91 Å². The number of rotatable bonds is 4. The predicted octanol–water partition coefficient (Wildman–Crippen LogP) is 4.04. The summed E-state index contributed by atoms with van der Waals surface area (Å²) in [5.41, 5.74) is 4.29. The standard InChI is InChI=1S/C19H21NO3/c1-12(2)18(21)20-16-9-7-14(8-10-16)17-11-15(19(22)23-4)6-5-13(17)3/h5-12H,1-4H3,(H,20,21). The molecule has 0 bridgehead atoms. The zero-order valence-corrected chi connectivity index (χ0v) is 13.8. The van der Waals surface area contributed by atoms with Crippen LogP contribution in [-0.2, 0) is 9.53 Å². The monoisotopic (exact) mass is 311 g/mol. The summed E-state index contributed by atoms with van der Waals surface area (Å²) in [6.07, 6.45) is 0. The number of benzene rings is 2. The molecule has 0 aromatic heterocycles. The minimum atomic E-state index is -0.355. The average Bonchev–Trinajstić information content (AvgIpc) is 2.55. The van der Waals surface area contributed by atoms with Crippen molar-refractivity contribution in [2.24, 2.45) is 5.92 Å². The Bertz CT molecular complexity index is 718. The molecule has 23 heavy (non-hydrogen) atoms. The second-order valence-corrected chi connectivity index (χ2v) is 5.74. The van der Waals surface area contributed by atoms with Gasteiger partial charge in [0, 0.05) is 11.6 Å². The van der Waals surface area contributed by atoms with Gasteiger partial charge in [-0.25, -0.2) is 4.79 Å². The predicted molar refractivity (Wildman–Crippen MR) is 91.4 cm³/mol. The first kappa shape index (κ1) is 16.7. The molecule has 0 fully saturated rings. The molecular weight excluding hydrogens is 290 g/mol. The first-order valence-electron chi connectivity index (χ1n) is 7.52. The Kier molecular flexibility index (Phi) is 5.16. The first-order valence-corrected chi connectivity index (χ1v) is 7.52. The van der Waals surface area contributed by atoms with E-state index < -0.39 is 0 Å². The van der Waals surface area contributed by atoms with Crippen molar-refractivity contribution in [2.45, 2.75) is 20.8 Å². The average molecular weight is 311 g/mol. The minimum Gasteiger partial charge on any atom is -0.465 e. The van der Waals surface area contributed by atoms with Crippen molar-refractivity contribution in [3.8, 4) is 11.1 Å². The second kappa shape index (κ2) is 7.09. The molecule has 120 valence electrons. The highest BCUT2D eigenvalue weighted by atomic mass is 16.5. The van der Waals surface area contributed by atoms with Crippen LogP contribution in [0.15, 0.2) is 42.5 Å². The van der Waals surface area contributed by atoms with Crippen LogP contribution in [0.25, 0.3) is 11.1 Å². The number of amides is 1. The molecule has 0 heterocycles. The van der Waals surface area contributed by atoms with E-state index in [1.165, 1.54) is 7.11 Å². The topological polar surface area (TPSA) is 55.4 Å². The van der Waals surface area contributed by atoms with E-state index >= 15 is 0 Å². The molecule has 4 nitrogen and oxygen atoms in total. The van der Waals surface area contributed by atoms with Crippen molar-refractivity contribution in [1.29, 1.82) is 0 Å². The molecule has 0 aliphatic rings. The van der Waals surface area contributed by atoms with E-state index in [2.05, 4.69) is 5.32 Å². The zero-order valence-electron chi connectivity index (χ0n) is 13.8. The fourth-order valence-electron chi connectivity index (χ4n) is 2.20. The molecule has 2 aromatic rings. The maximum atomic E-state index is 11.7. The molecule has 1 N–H and O–H groups in total. The fourth-order valence-corrected chi connectivity index (χ4v) is 2.20. The number of nitrogens with one attached hydrogen (secondary N) is 1. The SMILES string of the molecule is COC(=O)c1ccc(C)c(-c2ccc(NC(=O)C(C)C)cc2)c1. The zero-order chi connectivity index (χ0) is 17.0. The van der Waals surface area contributed by atoms with E-state index in [9.17, 15) is 9.59 Å². The quantitative estimate of drug-likeness (QED) is 0.867. The Balaban J connectivity index is 2.29. The molecule has 0 atom stereocenters. The number of carbonyl (C=O) groups is 2. The fraction of sp³-hybridized carbons (Fsp3) is 0.263. The van der Waals surface area contributed by atoms with Crippen LogP contribution < -0.4 is 5.32 Å². The van der Waals surface area contributed by atoms with Gasteiger partial charge in [-0.1, -0.05) is 32.0 Å². The second-order valence-electron chi connectivity index (χ2n) is 5.74. The molecule has 0 spiro atoms. The summed E-state index contributed by atoms with van der Waals surface area (Å²) in [5.74, 6) is -0.428. The van der Waals surface area contributed by atoms with E-state index in [1.807, 2.05) is 57.2 Å². The summed E-state index contributed by atoms with van der Waals surface area (Å²) < 4.78 is 4.77. The Labute approximate surface area is 136 Å². The van der Waals surface area contributed by atoms with Gasteiger partial charge in [0.25, 0.3) is 0 Å². The molecule has 0 unspecified atom stereocenters. The summed E-state index contributed by atoms with van der Waals surface area (Å²) >= 11 is 0. The van der Waals surface area contributed by atoms with Crippen LogP contribution >= 0.6 is 0 Å². The maximum absolute atomic E-state index is 11.7. The number of aryl methyl sites for hydroxylation is 1. The van der Waals surface area contributed by atoms with Crippen molar-refractivity contribution >= 4 is 17.6 Å². The summed E-state index contributed by atoms with van der Waals surface area (Å²) in [7, 11) is 1.37. The summed E-state index contributed by atoms with van der Waals surface area (Å²) in [6.45, 7) is 5.70. The summed E-state index contributed by atoms with van der Waals surface area (Å²) in [5, 5.41) is 2.86. The number of anilines is 1. The van der Waals surface area contributed by atoms with E-state index in [1.54, 1.807) is 6.07 Å². The van der Waals surface area contributed by atoms with Crippen LogP contribution in [0.2, 0.25) is 0 Å². The van der Waals surface area contributed by atoms with Crippen molar-refractivity contribution in [3.63, 3.8) is 0 Å². The molecule has 0 saturated carbocycles. The van der Waals surface area contributed by atoms with Crippen molar-refractivity contribution in [1.82, 2.24) is 0 Å². The third-order valence-corrected chi connectivity index (χ3v) is 3.65. The van der Waals surface area contributed by atoms with Gasteiger partial charge < -0.3 is 10.1 Å². The highest BCUT2D eigenvalue weighted by Gasteiger charge is 2.10. The highest BCUT2D eigenvalue weighted by Crippen LogP contribution is 2.26. The van der Waals surface area contributed by atoms with Gasteiger partial charge in [0.05, 0.1) is 12.7 Å². The van der Waals surface area contributed by atoms with Gasteiger partial charge in [-0.3, -0.25) is 4.79 Å². The van der Waals surface area contributed by atoms with Crippen molar-refractivity contribution < 1.29 is 14.3 Å². The van der Waals surface area contributed by atoms with E-state index in [0.29, 0.717) is 5.56 Å². The molecule has 1 amide bonds. The van der Waals surface area contributed by atoms with Gasteiger partial charge in [0.1, 0.15) is 0 Å². The lowest BCUT2D eigenvalue weighted by molar-refractivity contribution is -0.118. The number of hydrogen-bond donors (Lipinski definition) is 1. The number of esters is 1. The van der Waals surface area contributed by atoms with E-state index in [-0.39, 0.29) is 17.8 Å². The molecule has 0 saturated heterocycles. The molecule has 0 radical (unpaired) electrons. The molecule has 4 heteroatoms. The van der Waals surface area contributed by atoms with Crippen molar-refractivity contribution in [3.05, 3.63) is 53.6 Å². The Morgan fingerprint density at radius 3 is 2.26 bits per heavy atom. The van der Waals surface area contributed by atoms with Crippen LogP contribution in [0.5, 0.6) is 0 Å². The Morgan fingerprint density at radius 2 is 1.70 bits per heavy atom. The lowest BCUT2D eigenvalue weighted by Gasteiger charge is -2.11. The lowest BCUT2D eigenvalue weighted by atomic mass is 9.98. The van der Waals surface area contributed by atoms with Crippen LogP contribution in [0, 0.1) is 12.8 Å². The smallest absolute Gasteiger partial charge is 0.337 e. The lowest BCUT2D eigenvalue weighted by Crippen LogP contribution is -2.17. The third-order valence-electron chi connectivity index (χ3n) is 3.65. The number of carbonyl (C=O) groups excluding carboxylic acids is 2. The molecule has 2 rings (SSSR count). The third kappa shape index (κ3) is 3.97. The van der Waals surface area contributed by atoms with Gasteiger partial charge in [-0.05, 0) is 47.9 Å². The maximum Gasteiger partial charge on any atom is 0.337 e. The van der Waals surface area contributed by atoms with E-state index in [4.69, 9.17) is 4.74 Å². The minimum absolute atomic E-state index is 0.0124. The Hall–Kier alpha value is -2.62. The van der Waals surface area contributed by atoms with Crippen LogP contribution in [-0.4, -0.2) is 19.0 Å². The molecule has 0 aliphatic heterocycles. The van der Waals surface area contributed by atoms with Crippen LogP contribution in [0.1, 0.15) is 29.8 Å². The van der Waals surface area contributed by atoms with Crippen molar-refractivity contribution in [2.75, 3.05) is 12.4 Å². The van der Waals surface area contributed by atoms with E-state index in [0.717, 1.165) is 22.4 Å². The van der Waals surface area contributed by atoms with Gasteiger partial charge in [-0.2, -0.15) is 0 Å². The van der Waals surface area contributed by atoms with Crippen LogP contribution in [0.4, 0.5) is 5.69 Å². The molecule has 0 aliphatic carbocycles. The first-order chi connectivity index (χ1) is 10.9. The van der Waals surface area contributed by atoms with Gasteiger partial charge in [0.15, 0.2) is 0 Å². The summed E-state index contributed by atoms with van der Waals surface area (Å²) in [4.78, 5) is 23.4. The normalized spacial score (nSPS) is 10.5. The number of ether oxygens (including phenoxy) is 1. The van der Waals surface area contributed by atoms with Gasteiger partial charge in [-0.15, -0.1) is 0 Å². The Morgan fingerprint density at radius 1 is 1.04 bits per heavy atom.